The Balaban J connectivity index is 1.99. The van der Waals surface area contributed by atoms with Gasteiger partial charge in [0.15, 0.2) is 5.96 Å². The Hall–Kier alpha value is -2.41. The van der Waals surface area contributed by atoms with E-state index in [-0.39, 0.29) is 11.9 Å². The van der Waals surface area contributed by atoms with E-state index < -0.39 is 0 Å². The van der Waals surface area contributed by atoms with Crippen molar-refractivity contribution in [3.8, 4) is 0 Å². The SMILES string of the molecule is CN=C(NCc1c(C)nn(C)c1C)NCC(c1ccc(F)cc1)N(C)C. The van der Waals surface area contributed by atoms with E-state index in [1.807, 2.05) is 44.9 Å². The van der Waals surface area contributed by atoms with E-state index in [9.17, 15) is 4.39 Å². The highest BCUT2D eigenvalue weighted by Crippen LogP contribution is 2.17. The summed E-state index contributed by atoms with van der Waals surface area (Å²) in [6.07, 6.45) is 0. The number of halogens is 1. The van der Waals surface area contributed by atoms with Crippen LogP contribution in [-0.4, -0.2) is 48.3 Å². The number of nitrogens with one attached hydrogen (secondary N) is 2. The molecule has 0 saturated carbocycles. The summed E-state index contributed by atoms with van der Waals surface area (Å²) in [5.41, 5.74) is 4.39. The molecule has 142 valence electrons. The van der Waals surface area contributed by atoms with Gasteiger partial charge in [-0.1, -0.05) is 12.1 Å². The fourth-order valence-corrected chi connectivity index (χ4v) is 2.94. The van der Waals surface area contributed by atoms with Gasteiger partial charge in [-0.15, -0.1) is 0 Å². The van der Waals surface area contributed by atoms with Crippen molar-refractivity contribution in [1.29, 1.82) is 0 Å². The molecule has 1 atom stereocenters. The van der Waals surface area contributed by atoms with Crippen LogP contribution in [0.1, 0.15) is 28.6 Å². The second kappa shape index (κ2) is 8.80. The van der Waals surface area contributed by atoms with Crippen molar-refractivity contribution in [1.82, 2.24) is 25.3 Å². The molecule has 1 aromatic heterocycles. The maximum Gasteiger partial charge on any atom is 0.191 e. The molecule has 1 heterocycles. The van der Waals surface area contributed by atoms with E-state index in [2.05, 4.69) is 32.5 Å². The van der Waals surface area contributed by atoms with Gasteiger partial charge >= 0.3 is 0 Å². The smallest absolute Gasteiger partial charge is 0.191 e. The molecule has 0 fully saturated rings. The molecule has 0 amide bonds. The van der Waals surface area contributed by atoms with Gasteiger partial charge in [-0.05, 0) is 45.6 Å². The Kier molecular flexibility index (Phi) is 6.74. The number of aliphatic imine (C=N–C) groups is 1. The Bertz CT molecular complexity index is 748. The van der Waals surface area contributed by atoms with E-state index in [1.165, 1.54) is 17.7 Å². The Morgan fingerprint density at radius 1 is 1.23 bits per heavy atom. The standard InChI is InChI=1S/C19H29FN6/c1-13-17(14(2)26(6)24-13)11-22-19(21-3)23-12-18(25(4)5)15-7-9-16(20)10-8-15/h7-10,18H,11-12H2,1-6H3,(H2,21,22,23). The number of aryl methyl sites for hydroxylation is 2. The van der Waals surface area contributed by atoms with Crippen molar-refractivity contribution in [2.75, 3.05) is 27.7 Å². The number of benzene rings is 1. The van der Waals surface area contributed by atoms with Gasteiger partial charge in [-0.3, -0.25) is 9.67 Å². The molecular weight excluding hydrogens is 331 g/mol. The Morgan fingerprint density at radius 3 is 2.38 bits per heavy atom. The highest BCUT2D eigenvalue weighted by atomic mass is 19.1. The Labute approximate surface area is 155 Å². The van der Waals surface area contributed by atoms with E-state index in [4.69, 9.17) is 0 Å². The van der Waals surface area contributed by atoms with Crippen LogP contribution in [0.3, 0.4) is 0 Å². The van der Waals surface area contributed by atoms with E-state index >= 15 is 0 Å². The number of rotatable bonds is 6. The topological polar surface area (TPSA) is 57.5 Å². The van der Waals surface area contributed by atoms with Crippen LogP contribution >= 0.6 is 0 Å². The molecule has 0 aliphatic carbocycles. The van der Waals surface area contributed by atoms with Crippen LogP contribution in [0.2, 0.25) is 0 Å². The molecule has 0 spiro atoms. The molecule has 2 aromatic rings. The van der Waals surface area contributed by atoms with Gasteiger partial charge < -0.3 is 15.5 Å². The van der Waals surface area contributed by atoms with Gasteiger partial charge in [0.2, 0.25) is 0 Å². The van der Waals surface area contributed by atoms with Crippen molar-refractivity contribution in [2.45, 2.75) is 26.4 Å². The third-order valence-corrected chi connectivity index (χ3v) is 4.66. The summed E-state index contributed by atoms with van der Waals surface area (Å²) in [6, 6.07) is 6.73. The summed E-state index contributed by atoms with van der Waals surface area (Å²) in [5.74, 6) is 0.500. The lowest BCUT2D eigenvalue weighted by Gasteiger charge is -2.26. The third kappa shape index (κ3) is 4.82. The lowest BCUT2D eigenvalue weighted by molar-refractivity contribution is 0.298. The van der Waals surface area contributed by atoms with Gasteiger partial charge in [-0.2, -0.15) is 5.10 Å². The summed E-state index contributed by atoms with van der Waals surface area (Å²) in [6.45, 7) is 5.39. The van der Waals surface area contributed by atoms with E-state index in [0.29, 0.717) is 13.1 Å². The molecule has 6 nitrogen and oxygen atoms in total. The summed E-state index contributed by atoms with van der Waals surface area (Å²) in [5, 5.41) is 11.1. The first kappa shape index (κ1) is 19.9. The molecule has 0 aliphatic rings. The molecule has 0 radical (unpaired) electrons. The minimum absolute atomic E-state index is 0.107. The number of aromatic nitrogens is 2. The molecule has 0 aliphatic heterocycles. The molecule has 1 unspecified atom stereocenters. The zero-order valence-corrected chi connectivity index (χ0v) is 16.5. The largest absolute Gasteiger partial charge is 0.354 e. The molecular formula is C19H29FN6. The highest BCUT2D eigenvalue weighted by molar-refractivity contribution is 5.79. The van der Waals surface area contributed by atoms with Crippen molar-refractivity contribution >= 4 is 5.96 Å². The molecule has 26 heavy (non-hydrogen) atoms. The number of hydrogen-bond acceptors (Lipinski definition) is 3. The molecule has 7 heteroatoms. The third-order valence-electron chi connectivity index (χ3n) is 4.66. The van der Waals surface area contributed by atoms with E-state index in [1.54, 1.807) is 7.05 Å². The predicted octanol–water partition coefficient (Wildman–Crippen LogP) is 2.14. The van der Waals surface area contributed by atoms with Crippen molar-refractivity contribution < 1.29 is 4.39 Å². The van der Waals surface area contributed by atoms with Crippen LogP contribution in [0.5, 0.6) is 0 Å². The first-order chi connectivity index (χ1) is 12.3. The summed E-state index contributed by atoms with van der Waals surface area (Å²) in [4.78, 5) is 6.40. The van der Waals surface area contributed by atoms with Crippen LogP contribution in [0.25, 0.3) is 0 Å². The van der Waals surface area contributed by atoms with Crippen molar-refractivity contribution in [2.24, 2.45) is 12.0 Å². The molecule has 0 saturated heterocycles. The number of likely N-dealkylation sites (N-methyl/N-ethyl adjacent to an activating group) is 1. The minimum Gasteiger partial charge on any atom is -0.354 e. The van der Waals surface area contributed by atoms with Gasteiger partial charge in [0.25, 0.3) is 0 Å². The maximum absolute atomic E-state index is 13.2. The predicted molar refractivity (Wildman–Crippen MR) is 104 cm³/mol. The average molecular weight is 360 g/mol. The number of hydrogen-bond donors (Lipinski definition) is 2. The molecule has 2 rings (SSSR count). The van der Waals surface area contributed by atoms with E-state index in [0.717, 1.165) is 22.9 Å². The van der Waals surface area contributed by atoms with Crippen LogP contribution in [-0.2, 0) is 13.6 Å². The second-order valence-electron chi connectivity index (χ2n) is 6.61. The van der Waals surface area contributed by atoms with Crippen molar-refractivity contribution in [3.05, 3.63) is 52.6 Å². The normalized spacial score (nSPS) is 13.2. The minimum atomic E-state index is -0.223. The van der Waals surface area contributed by atoms with Crippen LogP contribution in [0.4, 0.5) is 4.39 Å². The second-order valence-corrected chi connectivity index (χ2v) is 6.61. The molecule has 0 bridgehead atoms. The number of guanidine groups is 1. The van der Waals surface area contributed by atoms with Gasteiger partial charge in [0.05, 0.1) is 11.7 Å². The monoisotopic (exact) mass is 360 g/mol. The van der Waals surface area contributed by atoms with Gasteiger partial charge in [-0.25, -0.2) is 4.39 Å². The van der Waals surface area contributed by atoms with Crippen LogP contribution < -0.4 is 10.6 Å². The Morgan fingerprint density at radius 2 is 1.88 bits per heavy atom. The fraction of sp³-hybridized carbons (Fsp3) is 0.474. The first-order valence-electron chi connectivity index (χ1n) is 8.69. The average Bonchev–Trinajstić information content (AvgIpc) is 2.84. The zero-order chi connectivity index (χ0) is 19.3. The number of nitrogens with zero attached hydrogens (tertiary/aromatic N) is 4. The maximum atomic E-state index is 13.2. The van der Waals surface area contributed by atoms with Crippen molar-refractivity contribution in [3.63, 3.8) is 0 Å². The first-order valence-corrected chi connectivity index (χ1v) is 8.69. The summed E-state index contributed by atoms with van der Waals surface area (Å²) >= 11 is 0. The lowest BCUT2D eigenvalue weighted by atomic mass is 10.1. The summed E-state index contributed by atoms with van der Waals surface area (Å²) in [7, 11) is 7.71. The summed E-state index contributed by atoms with van der Waals surface area (Å²) < 4.78 is 15.1. The van der Waals surface area contributed by atoms with Crippen LogP contribution in [0.15, 0.2) is 29.3 Å². The van der Waals surface area contributed by atoms with Crippen LogP contribution in [0, 0.1) is 19.7 Å². The highest BCUT2D eigenvalue weighted by Gasteiger charge is 2.15. The fourth-order valence-electron chi connectivity index (χ4n) is 2.94. The van der Waals surface area contributed by atoms with Gasteiger partial charge in [0.1, 0.15) is 5.82 Å². The molecule has 2 N–H and O–H groups in total. The molecule has 1 aromatic carbocycles. The lowest BCUT2D eigenvalue weighted by Crippen LogP contribution is -2.41. The van der Waals surface area contributed by atoms with Gasteiger partial charge in [0, 0.05) is 38.4 Å². The zero-order valence-electron chi connectivity index (χ0n) is 16.5. The quantitative estimate of drug-likeness (QED) is 0.612.